The fraction of sp³-hybridized carbons (Fsp3) is 0.625. The number of aryl methyl sites for hydroxylation is 1. The van der Waals surface area contributed by atoms with Gasteiger partial charge in [0.25, 0.3) is 0 Å². The van der Waals surface area contributed by atoms with Crippen LogP contribution in [0.15, 0.2) is 24.3 Å². The van der Waals surface area contributed by atoms with E-state index in [9.17, 15) is 5.11 Å². The Balaban J connectivity index is 2.73. The largest absolute Gasteiger partial charge is 0.508 e. The van der Waals surface area contributed by atoms with Crippen molar-refractivity contribution < 1.29 is 14.0 Å². The van der Waals surface area contributed by atoms with E-state index in [1.54, 1.807) is 12.1 Å². The Hall–Kier alpha value is -0.843. The number of hydrogen-bond acceptors (Lipinski definition) is 3. The number of benzene rings is 1. The Labute approximate surface area is 124 Å². The standard InChI is InChI=1S/C16H28O3Si/c1-5-18-20(19-6-2,13-14(3)4)12-11-15-7-9-16(17)10-8-15/h7-10,14,17H,5-6,11-13H2,1-4H3. The maximum Gasteiger partial charge on any atom is 0.338 e. The molecule has 1 aromatic carbocycles. The van der Waals surface area contributed by atoms with E-state index < -0.39 is 8.56 Å². The monoisotopic (exact) mass is 296 g/mol. The van der Waals surface area contributed by atoms with Gasteiger partial charge in [0, 0.05) is 13.2 Å². The molecule has 0 aliphatic rings. The van der Waals surface area contributed by atoms with Crippen molar-refractivity contribution >= 4 is 8.56 Å². The minimum atomic E-state index is -2.12. The van der Waals surface area contributed by atoms with Gasteiger partial charge in [-0.1, -0.05) is 26.0 Å². The van der Waals surface area contributed by atoms with Crippen molar-refractivity contribution in [2.24, 2.45) is 5.92 Å². The summed E-state index contributed by atoms with van der Waals surface area (Å²) in [5.41, 5.74) is 1.22. The molecule has 114 valence electrons. The van der Waals surface area contributed by atoms with Gasteiger partial charge < -0.3 is 14.0 Å². The first-order valence-corrected chi connectivity index (χ1v) is 9.80. The molecule has 0 atom stereocenters. The van der Waals surface area contributed by atoms with Crippen molar-refractivity contribution in [3.05, 3.63) is 29.8 Å². The highest BCUT2D eigenvalue weighted by Gasteiger charge is 2.37. The molecule has 0 aromatic heterocycles. The van der Waals surface area contributed by atoms with Crippen LogP contribution in [0, 0.1) is 5.92 Å². The quantitative estimate of drug-likeness (QED) is 0.697. The fourth-order valence-electron chi connectivity index (χ4n) is 2.55. The predicted octanol–water partition coefficient (Wildman–Crippen LogP) is 4.11. The average Bonchev–Trinajstić information content (AvgIpc) is 2.38. The van der Waals surface area contributed by atoms with Crippen molar-refractivity contribution in [1.82, 2.24) is 0 Å². The summed E-state index contributed by atoms with van der Waals surface area (Å²) < 4.78 is 12.2. The van der Waals surface area contributed by atoms with Gasteiger partial charge in [0.05, 0.1) is 0 Å². The predicted molar refractivity (Wildman–Crippen MR) is 85.3 cm³/mol. The van der Waals surface area contributed by atoms with E-state index in [2.05, 4.69) is 13.8 Å². The van der Waals surface area contributed by atoms with Gasteiger partial charge in [-0.15, -0.1) is 0 Å². The van der Waals surface area contributed by atoms with Crippen molar-refractivity contribution in [2.45, 2.75) is 46.2 Å². The van der Waals surface area contributed by atoms with Crippen molar-refractivity contribution in [3.8, 4) is 5.75 Å². The summed E-state index contributed by atoms with van der Waals surface area (Å²) in [7, 11) is -2.12. The lowest BCUT2D eigenvalue weighted by Crippen LogP contribution is -2.43. The second kappa shape index (κ2) is 8.45. The molecule has 1 N–H and O–H groups in total. The molecule has 0 fully saturated rings. The van der Waals surface area contributed by atoms with Gasteiger partial charge in [-0.3, -0.25) is 0 Å². The summed E-state index contributed by atoms with van der Waals surface area (Å²) in [4.78, 5) is 0. The van der Waals surface area contributed by atoms with Gasteiger partial charge >= 0.3 is 8.56 Å². The fourth-order valence-corrected chi connectivity index (χ4v) is 6.33. The third-order valence-electron chi connectivity index (χ3n) is 3.26. The molecule has 0 spiro atoms. The summed E-state index contributed by atoms with van der Waals surface area (Å²) in [6.45, 7) is 9.97. The van der Waals surface area contributed by atoms with E-state index in [-0.39, 0.29) is 0 Å². The molecule has 0 radical (unpaired) electrons. The van der Waals surface area contributed by atoms with Crippen LogP contribution in [0.1, 0.15) is 33.3 Å². The lowest BCUT2D eigenvalue weighted by molar-refractivity contribution is 0.178. The van der Waals surface area contributed by atoms with Crippen LogP contribution in [0.5, 0.6) is 5.75 Å². The first kappa shape index (κ1) is 17.2. The summed E-state index contributed by atoms with van der Waals surface area (Å²) in [5.74, 6) is 0.897. The topological polar surface area (TPSA) is 38.7 Å². The number of rotatable bonds is 9. The average molecular weight is 296 g/mol. The zero-order valence-electron chi connectivity index (χ0n) is 13.2. The van der Waals surface area contributed by atoms with Gasteiger partial charge in [-0.05, 0) is 56.0 Å². The first-order valence-electron chi connectivity index (χ1n) is 7.57. The number of aromatic hydroxyl groups is 1. The van der Waals surface area contributed by atoms with Crippen LogP contribution in [0.2, 0.25) is 12.1 Å². The van der Waals surface area contributed by atoms with E-state index in [0.29, 0.717) is 24.9 Å². The van der Waals surface area contributed by atoms with Gasteiger partial charge in [-0.2, -0.15) is 0 Å². The van der Waals surface area contributed by atoms with Gasteiger partial charge in [0.1, 0.15) is 5.75 Å². The van der Waals surface area contributed by atoms with Crippen LogP contribution in [0.4, 0.5) is 0 Å². The second-order valence-electron chi connectivity index (χ2n) is 5.54. The molecule has 0 heterocycles. The SMILES string of the molecule is CCO[Si](CCc1ccc(O)cc1)(CC(C)C)OCC. The minimum absolute atomic E-state index is 0.314. The van der Waals surface area contributed by atoms with Crippen LogP contribution in [-0.2, 0) is 15.3 Å². The first-order chi connectivity index (χ1) is 9.51. The Bertz CT molecular complexity index is 370. The molecule has 1 aromatic rings. The zero-order valence-corrected chi connectivity index (χ0v) is 14.2. The Morgan fingerprint density at radius 1 is 1.05 bits per heavy atom. The van der Waals surface area contributed by atoms with Crippen LogP contribution < -0.4 is 0 Å². The molecule has 0 aliphatic heterocycles. The zero-order chi connectivity index (χ0) is 15.0. The third kappa shape index (κ3) is 5.65. The molecule has 0 aliphatic carbocycles. The maximum absolute atomic E-state index is 9.33. The van der Waals surface area contributed by atoms with Crippen LogP contribution in [-0.4, -0.2) is 26.9 Å². The van der Waals surface area contributed by atoms with E-state index in [1.807, 2.05) is 26.0 Å². The third-order valence-corrected chi connectivity index (χ3v) is 7.34. The molecule has 4 heteroatoms. The Morgan fingerprint density at radius 3 is 2.05 bits per heavy atom. The summed E-state index contributed by atoms with van der Waals surface area (Å²) in [6.07, 6.45) is 0.944. The second-order valence-corrected chi connectivity index (χ2v) is 8.85. The number of phenolic OH excluding ortho intramolecular Hbond substituents is 1. The Kier molecular flexibility index (Phi) is 7.27. The smallest absolute Gasteiger partial charge is 0.338 e. The number of hydrogen-bond donors (Lipinski definition) is 1. The van der Waals surface area contributed by atoms with Gasteiger partial charge in [0.2, 0.25) is 0 Å². The summed E-state index contributed by atoms with van der Waals surface area (Å²) in [6, 6.07) is 9.43. The Morgan fingerprint density at radius 2 is 1.60 bits per heavy atom. The van der Waals surface area contributed by atoms with E-state index in [4.69, 9.17) is 8.85 Å². The van der Waals surface area contributed by atoms with E-state index in [1.165, 1.54) is 5.56 Å². The normalized spacial score (nSPS) is 12.1. The molecule has 1 rings (SSSR count). The highest BCUT2D eigenvalue weighted by atomic mass is 28.4. The molecule has 0 amide bonds. The van der Waals surface area contributed by atoms with Crippen molar-refractivity contribution in [3.63, 3.8) is 0 Å². The lowest BCUT2D eigenvalue weighted by Gasteiger charge is -2.31. The molecule has 3 nitrogen and oxygen atoms in total. The van der Waals surface area contributed by atoms with Crippen LogP contribution in [0.3, 0.4) is 0 Å². The molecule has 20 heavy (non-hydrogen) atoms. The molecule has 0 bridgehead atoms. The maximum atomic E-state index is 9.33. The van der Waals surface area contributed by atoms with Crippen LogP contribution >= 0.6 is 0 Å². The molecule has 0 unspecified atom stereocenters. The highest BCUT2D eigenvalue weighted by Crippen LogP contribution is 2.26. The molecule has 0 saturated carbocycles. The van der Waals surface area contributed by atoms with E-state index >= 15 is 0 Å². The molecular weight excluding hydrogens is 268 g/mol. The molecule has 0 saturated heterocycles. The lowest BCUT2D eigenvalue weighted by atomic mass is 10.2. The minimum Gasteiger partial charge on any atom is -0.508 e. The number of phenols is 1. The van der Waals surface area contributed by atoms with E-state index in [0.717, 1.165) is 18.5 Å². The highest BCUT2D eigenvalue weighted by molar-refractivity contribution is 6.67. The van der Waals surface area contributed by atoms with Crippen molar-refractivity contribution in [1.29, 1.82) is 0 Å². The van der Waals surface area contributed by atoms with Crippen LogP contribution in [0.25, 0.3) is 0 Å². The summed E-state index contributed by atoms with van der Waals surface area (Å²) >= 11 is 0. The van der Waals surface area contributed by atoms with Gasteiger partial charge in [0.15, 0.2) is 0 Å². The summed E-state index contributed by atoms with van der Waals surface area (Å²) in [5, 5.41) is 9.33. The molecular formula is C16H28O3Si. The van der Waals surface area contributed by atoms with Crippen molar-refractivity contribution in [2.75, 3.05) is 13.2 Å². The van der Waals surface area contributed by atoms with Gasteiger partial charge in [-0.25, -0.2) is 0 Å².